The molecule has 3 aromatic heterocycles. The molecule has 0 N–H and O–H groups in total. The summed E-state index contributed by atoms with van der Waals surface area (Å²) in [7, 11) is 0. The molecule has 3 rings (SSSR count). The number of halogens is 3. The Morgan fingerprint density at radius 3 is 2.60 bits per heavy atom. The molecule has 20 heavy (non-hydrogen) atoms. The van der Waals surface area contributed by atoms with Crippen molar-refractivity contribution in [1.29, 1.82) is 0 Å². The Hall–Kier alpha value is -2.51. The molecule has 5 nitrogen and oxygen atoms in total. The van der Waals surface area contributed by atoms with Gasteiger partial charge in [0, 0.05) is 11.9 Å². The van der Waals surface area contributed by atoms with E-state index in [1.54, 1.807) is 13.0 Å². The Morgan fingerprint density at radius 1 is 1.15 bits per heavy atom. The van der Waals surface area contributed by atoms with E-state index in [9.17, 15) is 13.2 Å². The molecule has 0 aliphatic carbocycles. The zero-order valence-electron chi connectivity index (χ0n) is 10.3. The highest BCUT2D eigenvalue weighted by Gasteiger charge is 2.30. The van der Waals surface area contributed by atoms with Gasteiger partial charge in [-0.25, -0.2) is 4.98 Å². The number of rotatable bonds is 1. The third kappa shape index (κ3) is 2.09. The van der Waals surface area contributed by atoms with E-state index in [2.05, 4.69) is 20.1 Å². The molecule has 0 aliphatic rings. The lowest BCUT2D eigenvalue weighted by atomic mass is 10.2. The Bertz CT molecular complexity index is 761. The van der Waals surface area contributed by atoms with Crippen molar-refractivity contribution in [2.24, 2.45) is 0 Å². The molecule has 0 saturated carbocycles. The van der Waals surface area contributed by atoms with Crippen molar-refractivity contribution in [3.63, 3.8) is 0 Å². The van der Waals surface area contributed by atoms with E-state index in [-0.39, 0.29) is 0 Å². The minimum atomic E-state index is -4.40. The van der Waals surface area contributed by atoms with Crippen molar-refractivity contribution in [3.05, 3.63) is 42.0 Å². The average molecular weight is 279 g/mol. The number of aryl methyl sites for hydroxylation is 1. The molecule has 3 aromatic rings. The van der Waals surface area contributed by atoms with E-state index in [1.165, 1.54) is 16.9 Å². The SMILES string of the molecule is Cc1cc(-c2ccc(C(F)(F)F)cn2)n2ncnc2n1. The van der Waals surface area contributed by atoms with Gasteiger partial charge in [0.2, 0.25) is 0 Å². The Labute approximate surface area is 111 Å². The molecule has 3 heterocycles. The second kappa shape index (κ2) is 4.26. The second-order valence-electron chi connectivity index (χ2n) is 4.18. The summed E-state index contributed by atoms with van der Waals surface area (Å²) in [4.78, 5) is 12.0. The quantitative estimate of drug-likeness (QED) is 0.686. The standard InChI is InChI=1S/C12H8F3N5/c1-7-4-10(20-11(19-7)17-6-18-20)9-3-2-8(5-16-9)12(13,14)15/h2-6H,1H3. The van der Waals surface area contributed by atoms with Crippen molar-refractivity contribution >= 4 is 5.78 Å². The molecule has 102 valence electrons. The molecule has 0 unspecified atom stereocenters. The van der Waals surface area contributed by atoms with Gasteiger partial charge in [-0.1, -0.05) is 0 Å². The van der Waals surface area contributed by atoms with Gasteiger partial charge in [0.1, 0.15) is 6.33 Å². The number of fused-ring (bicyclic) bond motifs is 1. The van der Waals surface area contributed by atoms with Gasteiger partial charge < -0.3 is 0 Å². The third-order valence-electron chi connectivity index (χ3n) is 2.73. The van der Waals surface area contributed by atoms with Gasteiger partial charge >= 0.3 is 6.18 Å². The Morgan fingerprint density at radius 2 is 1.95 bits per heavy atom. The topological polar surface area (TPSA) is 56.0 Å². The number of hydrogen-bond acceptors (Lipinski definition) is 4. The first-order valence-electron chi connectivity index (χ1n) is 5.66. The first kappa shape index (κ1) is 12.5. The third-order valence-corrected chi connectivity index (χ3v) is 2.73. The molecule has 8 heteroatoms. The second-order valence-corrected chi connectivity index (χ2v) is 4.18. The number of hydrogen-bond donors (Lipinski definition) is 0. The molecule has 0 aliphatic heterocycles. The minimum absolute atomic E-state index is 0.374. The monoisotopic (exact) mass is 279 g/mol. The van der Waals surface area contributed by atoms with Crippen LogP contribution in [0, 0.1) is 6.92 Å². The molecule has 0 bridgehead atoms. The maximum atomic E-state index is 12.5. The van der Waals surface area contributed by atoms with Crippen molar-refractivity contribution in [2.75, 3.05) is 0 Å². The summed E-state index contributed by atoms with van der Waals surface area (Å²) in [6.07, 6.45) is -2.27. The highest BCUT2D eigenvalue weighted by molar-refractivity contribution is 5.58. The van der Waals surface area contributed by atoms with Gasteiger partial charge in [0.05, 0.1) is 17.0 Å². The normalized spacial score (nSPS) is 12.0. The zero-order chi connectivity index (χ0) is 14.3. The van der Waals surface area contributed by atoms with Crippen molar-refractivity contribution in [1.82, 2.24) is 24.6 Å². The number of aromatic nitrogens is 5. The van der Waals surface area contributed by atoms with Crippen molar-refractivity contribution < 1.29 is 13.2 Å². The van der Waals surface area contributed by atoms with Crippen LogP contribution in [0.4, 0.5) is 13.2 Å². The lowest BCUT2D eigenvalue weighted by Gasteiger charge is -2.08. The molecule has 0 saturated heterocycles. The van der Waals surface area contributed by atoms with Gasteiger partial charge in [0.15, 0.2) is 0 Å². The van der Waals surface area contributed by atoms with Crippen LogP contribution in [-0.2, 0) is 6.18 Å². The molecule has 0 aromatic carbocycles. The lowest BCUT2D eigenvalue weighted by molar-refractivity contribution is -0.137. The number of pyridine rings is 1. The fraction of sp³-hybridized carbons (Fsp3) is 0.167. The summed E-state index contributed by atoms with van der Waals surface area (Å²) >= 11 is 0. The smallest absolute Gasteiger partial charge is 0.254 e. The van der Waals surface area contributed by atoms with Crippen LogP contribution in [0.1, 0.15) is 11.3 Å². The molecule has 0 fully saturated rings. The summed E-state index contributed by atoms with van der Waals surface area (Å²) in [6, 6.07) is 3.98. The van der Waals surface area contributed by atoms with Crippen LogP contribution in [0.2, 0.25) is 0 Å². The largest absolute Gasteiger partial charge is 0.417 e. The van der Waals surface area contributed by atoms with Crippen LogP contribution >= 0.6 is 0 Å². The van der Waals surface area contributed by atoms with Gasteiger partial charge in [-0.3, -0.25) is 4.98 Å². The van der Waals surface area contributed by atoms with Crippen molar-refractivity contribution in [3.8, 4) is 11.4 Å². The van der Waals surface area contributed by atoms with Crippen LogP contribution in [0.25, 0.3) is 17.2 Å². The zero-order valence-corrected chi connectivity index (χ0v) is 10.3. The van der Waals surface area contributed by atoms with Gasteiger partial charge in [-0.2, -0.15) is 27.8 Å². The fourth-order valence-corrected chi connectivity index (χ4v) is 1.83. The summed E-state index contributed by atoms with van der Waals surface area (Å²) < 4.78 is 39.0. The average Bonchev–Trinajstić information content (AvgIpc) is 2.85. The molecule has 0 atom stereocenters. The van der Waals surface area contributed by atoms with E-state index in [1.807, 2.05) is 0 Å². The van der Waals surface area contributed by atoms with E-state index < -0.39 is 11.7 Å². The first-order chi connectivity index (χ1) is 9.45. The van der Waals surface area contributed by atoms with Crippen LogP contribution < -0.4 is 0 Å². The molecular weight excluding hydrogens is 271 g/mol. The molecular formula is C12H8F3N5. The van der Waals surface area contributed by atoms with Gasteiger partial charge in [-0.15, -0.1) is 0 Å². The Balaban J connectivity index is 2.14. The van der Waals surface area contributed by atoms with Gasteiger partial charge in [-0.05, 0) is 25.1 Å². The highest BCUT2D eigenvalue weighted by atomic mass is 19.4. The summed E-state index contributed by atoms with van der Waals surface area (Å²) in [5, 5.41) is 3.99. The first-order valence-corrected chi connectivity index (χ1v) is 5.66. The van der Waals surface area contributed by atoms with Crippen LogP contribution in [-0.4, -0.2) is 24.6 Å². The van der Waals surface area contributed by atoms with E-state index in [4.69, 9.17) is 0 Å². The van der Waals surface area contributed by atoms with Crippen LogP contribution in [0.5, 0.6) is 0 Å². The maximum absolute atomic E-state index is 12.5. The fourth-order valence-electron chi connectivity index (χ4n) is 1.83. The van der Waals surface area contributed by atoms with Crippen LogP contribution in [0.15, 0.2) is 30.7 Å². The van der Waals surface area contributed by atoms with E-state index >= 15 is 0 Å². The molecule has 0 amide bonds. The number of alkyl halides is 3. The van der Waals surface area contributed by atoms with Crippen molar-refractivity contribution in [2.45, 2.75) is 13.1 Å². The summed E-state index contributed by atoms with van der Waals surface area (Å²) in [6.45, 7) is 1.77. The Kier molecular flexibility index (Phi) is 2.66. The highest BCUT2D eigenvalue weighted by Crippen LogP contribution is 2.29. The van der Waals surface area contributed by atoms with Crippen LogP contribution in [0.3, 0.4) is 0 Å². The van der Waals surface area contributed by atoms with E-state index in [0.717, 1.165) is 12.3 Å². The van der Waals surface area contributed by atoms with E-state index in [0.29, 0.717) is 22.9 Å². The predicted molar refractivity (Wildman–Crippen MR) is 63.8 cm³/mol. The summed E-state index contributed by atoms with van der Waals surface area (Å²) in [5.41, 5.74) is 0.807. The maximum Gasteiger partial charge on any atom is 0.417 e. The minimum Gasteiger partial charge on any atom is -0.254 e. The molecule has 0 spiro atoms. The lowest BCUT2D eigenvalue weighted by Crippen LogP contribution is -2.06. The summed E-state index contributed by atoms with van der Waals surface area (Å²) in [5.74, 6) is 0.377. The molecule has 0 radical (unpaired) electrons. The number of nitrogens with zero attached hydrogens (tertiary/aromatic N) is 5. The predicted octanol–water partition coefficient (Wildman–Crippen LogP) is 2.51. The van der Waals surface area contributed by atoms with Gasteiger partial charge in [0.25, 0.3) is 5.78 Å².